The summed E-state index contributed by atoms with van der Waals surface area (Å²) < 4.78 is 12.6. The first-order valence-corrected chi connectivity index (χ1v) is 13.0. The van der Waals surface area contributed by atoms with Crippen molar-refractivity contribution in [2.24, 2.45) is 5.92 Å². The Morgan fingerprint density at radius 1 is 1.13 bits per heavy atom. The summed E-state index contributed by atoms with van der Waals surface area (Å²) in [6, 6.07) is 13.6. The van der Waals surface area contributed by atoms with Crippen LogP contribution in [0.5, 0.6) is 0 Å². The molecule has 1 saturated carbocycles. The Bertz CT molecular complexity index is 1750. The van der Waals surface area contributed by atoms with Crippen molar-refractivity contribution in [2.45, 2.75) is 39.7 Å². The van der Waals surface area contributed by atoms with Gasteiger partial charge in [0.2, 0.25) is 0 Å². The molecule has 0 amide bonds. The first-order valence-electron chi connectivity index (χ1n) is 13.0. The van der Waals surface area contributed by atoms with Gasteiger partial charge >= 0.3 is 5.97 Å². The van der Waals surface area contributed by atoms with E-state index in [1.807, 2.05) is 50.4 Å². The van der Waals surface area contributed by atoms with Gasteiger partial charge in [0.15, 0.2) is 0 Å². The third-order valence-electron chi connectivity index (χ3n) is 7.24. The van der Waals surface area contributed by atoms with E-state index >= 15 is 0 Å². The number of fused-ring (bicyclic) bond motifs is 1. The second kappa shape index (κ2) is 9.88. The number of carbonyl (C=O) groups is 1. The van der Waals surface area contributed by atoms with Crippen LogP contribution in [-0.4, -0.2) is 32.8 Å². The molecule has 194 valence electrons. The predicted octanol–water partition coefficient (Wildman–Crippen LogP) is 6.53. The van der Waals surface area contributed by atoms with Gasteiger partial charge in [-0.1, -0.05) is 29.1 Å². The van der Waals surface area contributed by atoms with E-state index in [1.165, 1.54) is 7.11 Å². The highest BCUT2D eigenvalue weighted by molar-refractivity contribution is 5.99. The second-order valence-electron chi connectivity index (χ2n) is 9.97. The molecule has 0 saturated heterocycles. The first kappa shape index (κ1) is 24.6. The van der Waals surface area contributed by atoms with Crippen LogP contribution in [0.15, 0.2) is 65.6 Å². The number of nitrogens with zero attached hydrogens (tertiary/aromatic N) is 4. The summed E-state index contributed by atoms with van der Waals surface area (Å²) in [5.41, 5.74) is 7.63. The fourth-order valence-corrected chi connectivity index (χ4v) is 4.97. The van der Waals surface area contributed by atoms with Gasteiger partial charge in [-0.2, -0.15) is 0 Å². The van der Waals surface area contributed by atoms with Crippen molar-refractivity contribution in [1.29, 1.82) is 0 Å². The minimum absolute atomic E-state index is 0.0600. The summed E-state index contributed by atoms with van der Waals surface area (Å²) in [7, 11) is 1.39. The quantitative estimate of drug-likeness (QED) is 0.195. The molecule has 0 radical (unpaired) electrons. The zero-order valence-electron chi connectivity index (χ0n) is 22.4. The Morgan fingerprint density at radius 2 is 1.97 bits per heavy atom. The van der Waals surface area contributed by atoms with Crippen LogP contribution in [0.25, 0.3) is 33.3 Å². The number of hydrogen-bond donors (Lipinski definition) is 0. The third kappa shape index (κ3) is 4.59. The highest BCUT2D eigenvalue weighted by atomic mass is 16.5. The first-order chi connectivity index (χ1) is 18.9. The van der Waals surface area contributed by atoms with Crippen molar-refractivity contribution in [3.63, 3.8) is 0 Å². The van der Waals surface area contributed by atoms with E-state index in [0.29, 0.717) is 11.5 Å². The van der Waals surface area contributed by atoms with Crippen LogP contribution >= 0.6 is 0 Å². The highest BCUT2D eigenvalue weighted by Gasteiger charge is 2.22. The lowest BCUT2D eigenvalue weighted by Gasteiger charge is -2.14. The average Bonchev–Trinajstić information content (AvgIpc) is 3.64. The standard InChI is InChI=1S/C32H28N4O3/c1-19-30(21(3)39-35-19)25-16-27-28(18-36(31(27)34-17-25)20(2)29-7-5-6-14-33-29)26-13-12-24(32(37)38-4)15-23(26)11-10-22-8-9-22/h5-7,12-18,20,22H,8-9H2,1-4H3/t20-/m0/s1. The number of carbonyl (C=O) groups excluding carboxylic acids is 1. The molecule has 4 heterocycles. The van der Waals surface area contributed by atoms with Gasteiger partial charge in [-0.3, -0.25) is 4.98 Å². The smallest absolute Gasteiger partial charge is 0.337 e. The number of aryl methyl sites for hydroxylation is 2. The summed E-state index contributed by atoms with van der Waals surface area (Å²) in [5.74, 6) is 7.50. The summed E-state index contributed by atoms with van der Waals surface area (Å²) in [6.07, 6.45) is 8.02. The van der Waals surface area contributed by atoms with Gasteiger partial charge < -0.3 is 13.8 Å². The van der Waals surface area contributed by atoms with Crippen molar-refractivity contribution in [1.82, 2.24) is 19.7 Å². The molecule has 4 aromatic heterocycles. The van der Waals surface area contributed by atoms with E-state index in [9.17, 15) is 4.79 Å². The average molecular weight is 517 g/mol. The van der Waals surface area contributed by atoms with Crippen molar-refractivity contribution in [2.75, 3.05) is 7.11 Å². The van der Waals surface area contributed by atoms with Crippen molar-refractivity contribution in [3.8, 4) is 34.1 Å². The van der Waals surface area contributed by atoms with E-state index in [-0.39, 0.29) is 12.0 Å². The number of aromatic nitrogens is 4. The number of ether oxygens (including phenoxy) is 1. The molecule has 1 aliphatic carbocycles. The molecule has 7 heteroatoms. The second-order valence-corrected chi connectivity index (χ2v) is 9.97. The van der Waals surface area contributed by atoms with E-state index < -0.39 is 0 Å². The number of methoxy groups -OCH3 is 1. The van der Waals surface area contributed by atoms with Crippen molar-refractivity contribution in [3.05, 3.63) is 89.3 Å². The molecule has 0 unspecified atom stereocenters. The maximum absolute atomic E-state index is 12.4. The third-order valence-corrected chi connectivity index (χ3v) is 7.24. The fourth-order valence-electron chi connectivity index (χ4n) is 4.97. The van der Waals surface area contributed by atoms with E-state index in [1.54, 1.807) is 12.3 Å². The molecule has 1 atom stereocenters. The lowest BCUT2D eigenvalue weighted by molar-refractivity contribution is 0.0600. The largest absolute Gasteiger partial charge is 0.465 e. The van der Waals surface area contributed by atoms with Gasteiger partial charge in [-0.25, -0.2) is 9.78 Å². The van der Waals surface area contributed by atoms with Gasteiger partial charge in [0.25, 0.3) is 0 Å². The topological polar surface area (TPSA) is 83.0 Å². The molecule has 1 aromatic carbocycles. The Balaban J connectivity index is 1.60. The predicted molar refractivity (Wildman–Crippen MR) is 149 cm³/mol. The Morgan fingerprint density at radius 3 is 2.67 bits per heavy atom. The number of rotatable bonds is 5. The molecule has 0 N–H and O–H groups in total. The normalized spacial score (nSPS) is 13.6. The summed E-state index contributed by atoms with van der Waals surface area (Å²) in [6.45, 7) is 5.96. The van der Waals surface area contributed by atoms with Crippen LogP contribution < -0.4 is 0 Å². The van der Waals surface area contributed by atoms with Gasteiger partial charge in [-0.05, 0) is 69.5 Å². The summed E-state index contributed by atoms with van der Waals surface area (Å²) in [4.78, 5) is 21.9. The Kier molecular flexibility index (Phi) is 6.24. The van der Waals surface area contributed by atoms with Crippen molar-refractivity contribution >= 4 is 17.0 Å². The fraction of sp³-hybridized carbons (Fsp3) is 0.250. The van der Waals surface area contributed by atoms with Crippen LogP contribution in [-0.2, 0) is 4.74 Å². The Labute approximate surface area is 226 Å². The minimum Gasteiger partial charge on any atom is -0.465 e. The SMILES string of the molecule is COC(=O)c1ccc(-c2cn([C@@H](C)c3ccccn3)c3ncc(-c4c(C)noc4C)cc23)c(C#CC2CC2)c1. The van der Waals surface area contributed by atoms with Crippen LogP contribution in [0, 0.1) is 31.6 Å². The highest BCUT2D eigenvalue weighted by Crippen LogP contribution is 2.38. The zero-order chi connectivity index (χ0) is 27.1. The summed E-state index contributed by atoms with van der Waals surface area (Å²) in [5, 5.41) is 5.11. The van der Waals surface area contributed by atoms with Gasteiger partial charge in [-0.15, -0.1) is 0 Å². The molecule has 0 aliphatic heterocycles. The number of esters is 1. The molecule has 7 nitrogen and oxygen atoms in total. The zero-order valence-corrected chi connectivity index (χ0v) is 22.4. The molecule has 0 bridgehead atoms. The number of pyridine rings is 2. The monoisotopic (exact) mass is 516 g/mol. The minimum atomic E-state index is -0.385. The number of benzene rings is 1. The molecule has 6 rings (SSSR count). The van der Waals surface area contributed by atoms with Crippen LogP contribution in [0.1, 0.15) is 58.9 Å². The molecular weight excluding hydrogens is 488 g/mol. The maximum atomic E-state index is 12.4. The maximum Gasteiger partial charge on any atom is 0.337 e. The van der Waals surface area contributed by atoms with Gasteiger partial charge in [0, 0.05) is 52.1 Å². The van der Waals surface area contributed by atoms with E-state index in [4.69, 9.17) is 14.2 Å². The van der Waals surface area contributed by atoms with Crippen LogP contribution in [0.3, 0.4) is 0 Å². The van der Waals surface area contributed by atoms with Gasteiger partial charge in [0.05, 0.1) is 30.1 Å². The van der Waals surface area contributed by atoms with E-state index in [0.717, 1.165) is 68.8 Å². The molecule has 1 fully saturated rings. The van der Waals surface area contributed by atoms with Crippen LogP contribution in [0.4, 0.5) is 0 Å². The molecule has 5 aromatic rings. The lowest BCUT2D eigenvalue weighted by atomic mass is 9.96. The molecule has 0 spiro atoms. The number of hydrogen-bond acceptors (Lipinski definition) is 6. The lowest BCUT2D eigenvalue weighted by Crippen LogP contribution is -2.07. The molecule has 1 aliphatic rings. The van der Waals surface area contributed by atoms with Gasteiger partial charge in [0.1, 0.15) is 11.4 Å². The van der Waals surface area contributed by atoms with Crippen molar-refractivity contribution < 1.29 is 14.1 Å². The Hall–Kier alpha value is -4.70. The molecular formula is C32H28N4O3. The van der Waals surface area contributed by atoms with Crippen LogP contribution in [0.2, 0.25) is 0 Å². The summed E-state index contributed by atoms with van der Waals surface area (Å²) >= 11 is 0. The molecule has 39 heavy (non-hydrogen) atoms. The van der Waals surface area contributed by atoms with E-state index in [2.05, 4.69) is 45.7 Å².